The summed E-state index contributed by atoms with van der Waals surface area (Å²) in [6, 6.07) is 14.1. The summed E-state index contributed by atoms with van der Waals surface area (Å²) in [5, 5.41) is 14.9. The summed E-state index contributed by atoms with van der Waals surface area (Å²) >= 11 is 0. The molecule has 2 aromatic carbocycles. The first kappa shape index (κ1) is 27.6. The van der Waals surface area contributed by atoms with Crippen molar-refractivity contribution in [3.63, 3.8) is 0 Å². The number of furan rings is 1. The van der Waals surface area contributed by atoms with Crippen LogP contribution in [0.4, 0.5) is 0 Å². The molecule has 0 radical (unpaired) electrons. The van der Waals surface area contributed by atoms with Crippen molar-refractivity contribution in [1.29, 1.82) is 0 Å². The minimum absolute atomic E-state index is 0.0845. The quantitative estimate of drug-likeness (QED) is 0.276. The van der Waals surface area contributed by atoms with Gasteiger partial charge in [-0.25, -0.2) is 0 Å². The van der Waals surface area contributed by atoms with Crippen LogP contribution >= 0.6 is 0 Å². The van der Waals surface area contributed by atoms with Gasteiger partial charge >= 0.3 is 0 Å². The van der Waals surface area contributed by atoms with E-state index in [2.05, 4.69) is 27.0 Å². The van der Waals surface area contributed by atoms with Crippen LogP contribution in [0.2, 0.25) is 0 Å². The summed E-state index contributed by atoms with van der Waals surface area (Å²) in [5.41, 5.74) is 3.04. The van der Waals surface area contributed by atoms with Crippen molar-refractivity contribution < 1.29 is 23.8 Å². The van der Waals surface area contributed by atoms with Gasteiger partial charge in [0.05, 0.1) is 19.5 Å². The molecule has 4 heterocycles. The summed E-state index contributed by atoms with van der Waals surface area (Å²) in [6.45, 7) is 7.56. The molecule has 1 atom stereocenters. The number of nitrogens with zero attached hydrogens (tertiary/aromatic N) is 2. The van der Waals surface area contributed by atoms with Crippen LogP contribution in [0.5, 0.6) is 11.5 Å². The van der Waals surface area contributed by atoms with Crippen molar-refractivity contribution in [2.75, 3.05) is 39.8 Å². The Hall–Kier alpha value is -3.53. The molecule has 9 nitrogen and oxygen atoms in total. The molecule has 2 aliphatic rings. The number of carbonyl (C=O) groups excluding carboxylic acids is 1. The Labute approximate surface area is 240 Å². The molecule has 3 N–H and O–H groups in total. The fourth-order valence-electron chi connectivity index (χ4n) is 6.23. The van der Waals surface area contributed by atoms with Crippen LogP contribution < -0.4 is 14.8 Å². The van der Waals surface area contributed by atoms with Crippen LogP contribution in [0.1, 0.15) is 48.7 Å². The largest absolute Gasteiger partial charge is 0.493 e. The number of nitrogens with one attached hydrogen (secondary N) is 2. The number of para-hydroxylation sites is 1. The van der Waals surface area contributed by atoms with Gasteiger partial charge in [-0.05, 0) is 56.9 Å². The predicted octanol–water partition coefficient (Wildman–Crippen LogP) is 4.54. The van der Waals surface area contributed by atoms with E-state index in [0.29, 0.717) is 35.4 Å². The topological polar surface area (TPSA) is 103 Å². The highest BCUT2D eigenvalue weighted by Crippen LogP contribution is 2.32. The Bertz CT molecular complexity index is 1480. The first-order valence-electron chi connectivity index (χ1n) is 14.7. The number of aromatic nitrogens is 1. The maximum Gasteiger partial charge on any atom is 0.267 e. The minimum Gasteiger partial charge on any atom is -0.493 e. The van der Waals surface area contributed by atoms with Gasteiger partial charge in [-0.2, -0.15) is 0 Å². The maximum atomic E-state index is 13.2. The van der Waals surface area contributed by atoms with Gasteiger partial charge in [-0.3, -0.25) is 9.69 Å². The fraction of sp³-hybridized carbons (Fsp3) is 0.469. The Balaban J connectivity index is 1.04. The number of methoxy groups -OCH3 is 1. The van der Waals surface area contributed by atoms with Gasteiger partial charge in [0.15, 0.2) is 11.3 Å². The maximum absolute atomic E-state index is 13.2. The van der Waals surface area contributed by atoms with E-state index in [1.165, 1.54) is 0 Å². The number of amides is 1. The number of piperidine rings is 2. The molecule has 1 amide bonds. The van der Waals surface area contributed by atoms with Crippen LogP contribution in [0.25, 0.3) is 21.9 Å². The van der Waals surface area contributed by atoms with Crippen LogP contribution in [-0.2, 0) is 6.61 Å². The normalized spacial score (nSPS) is 18.6. The standard InChI is InChI=1S/C32H40N4O5/c1-21(36-15-11-24(37)12-16-36)18-35-13-9-23(10-14-35)33-32(38)28-17-26-27(34-28)6-4-7-29(26)40-19-22-20-41-31-25(22)5-3-8-30(31)39-2/h3-8,17,20-21,23-24,34,37H,9-16,18-19H2,1-2H3,(H,33,38)/t21-/m0/s1. The molecule has 0 saturated carbocycles. The molecule has 2 saturated heterocycles. The zero-order valence-corrected chi connectivity index (χ0v) is 23.9. The lowest BCUT2D eigenvalue weighted by atomic mass is 10.0. The Kier molecular flexibility index (Phi) is 8.18. The highest BCUT2D eigenvalue weighted by molar-refractivity contribution is 5.99. The highest BCUT2D eigenvalue weighted by Gasteiger charge is 2.26. The van der Waals surface area contributed by atoms with Gasteiger partial charge < -0.3 is 34.2 Å². The molecule has 6 rings (SSSR count). The van der Waals surface area contributed by atoms with E-state index < -0.39 is 0 Å². The molecule has 41 heavy (non-hydrogen) atoms. The number of hydrogen-bond acceptors (Lipinski definition) is 7. The molecule has 2 aromatic heterocycles. The average Bonchev–Trinajstić information content (AvgIpc) is 3.62. The second kappa shape index (κ2) is 12.1. The van der Waals surface area contributed by atoms with Gasteiger partial charge in [0.2, 0.25) is 0 Å². The van der Waals surface area contributed by atoms with E-state index in [1.807, 2.05) is 42.5 Å². The van der Waals surface area contributed by atoms with Crippen LogP contribution in [0.3, 0.4) is 0 Å². The van der Waals surface area contributed by atoms with Crippen LogP contribution in [0.15, 0.2) is 53.1 Å². The summed E-state index contributed by atoms with van der Waals surface area (Å²) in [6.07, 6.45) is 5.19. The van der Waals surface area contributed by atoms with E-state index in [9.17, 15) is 9.90 Å². The third-order valence-corrected chi connectivity index (χ3v) is 8.68. The van der Waals surface area contributed by atoms with Crippen LogP contribution in [-0.4, -0.2) is 83.8 Å². The van der Waals surface area contributed by atoms with Crippen molar-refractivity contribution in [3.05, 3.63) is 60.0 Å². The third-order valence-electron chi connectivity index (χ3n) is 8.68. The van der Waals surface area contributed by atoms with Crippen molar-refractivity contribution in [2.24, 2.45) is 0 Å². The lowest BCUT2D eigenvalue weighted by Gasteiger charge is -2.39. The average molecular weight is 561 g/mol. The SMILES string of the molecule is COc1cccc2c(COc3cccc4[nH]c(C(=O)NC5CCN(C[C@H](C)N6CCC(O)CC6)CC5)cc34)coc12. The fourth-order valence-corrected chi connectivity index (χ4v) is 6.23. The number of rotatable bonds is 9. The van der Waals surface area contributed by atoms with E-state index in [-0.39, 0.29) is 18.1 Å². The number of benzene rings is 2. The Morgan fingerprint density at radius 3 is 2.61 bits per heavy atom. The number of likely N-dealkylation sites (tertiary alicyclic amines) is 2. The molecule has 218 valence electrons. The Morgan fingerprint density at radius 1 is 1.07 bits per heavy atom. The number of H-pyrrole nitrogens is 1. The first-order chi connectivity index (χ1) is 20.0. The van der Waals surface area contributed by atoms with Crippen molar-refractivity contribution in [1.82, 2.24) is 20.1 Å². The van der Waals surface area contributed by atoms with Gasteiger partial charge in [-0.1, -0.05) is 18.2 Å². The highest BCUT2D eigenvalue weighted by atomic mass is 16.5. The molecule has 0 spiro atoms. The van der Waals surface area contributed by atoms with E-state index in [1.54, 1.807) is 13.4 Å². The summed E-state index contributed by atoms with van der Waals surface area (Å²) in [7, 11) is 1.63. The van der Waals surface area contributed by atoms with Crippen molar-refractivity contribution >= 4 is 27.8 Å². The molecule has 9 heteroatoms. The zero-order valence-electron chi connectivity index (χ0n) is 23.9. The lowest BCUT2D eigenvalue weighted by Crippen LogP contribution is -2.50. The number of carbonyl (C=O) groups is 1. The number of fused-ring (bicyclic) bond motifs is 2. The lowest BCUT2D eigenvalue weighted by molar-refractivity contribution is 0.0497. The number of aromatic amines is 1. The number of aliphatic hydroxyl groups is 1. The first-order valence-corrected chi connectivity index (χ1v) is 14.7. The minimum atomic E-state index is -0.137. The molecule has 0 aliphatic carbocycles. The summed E-state index contributed by atoms with van der Waals surface area (Å²) in [4.78, 5) is 21.5. The second-order valence-electron chi connectivity index (χ2n) is 11.5. The molecule has 2 aliphatic heterocycles. The molecule has 0 bridgehead atoms. The van der Waals surface area contributed by atoms with Gasteiger partial charge in [0.1, 0.15) is 18.1 Å². The zero-order chi connectivity index (χ0) is 28.3. The summed E-state index contributed by atoms with van der Waals surface area (Å²) < 4.78 is 17.3. The molecule has 4 aromatic rings. The molecule has 2 fully saturated rings. The van der Waals surface area contributed by atoms with E-state index in [4.69, 9.17) is 13.9 Å². The third kappa shape index (κ3) is 6.07. The van der Waals surface area contributed by atoms with Gasteiger partial charge in [-0.15, -0.1) is 0 Å². The van der Waals surface area contributed by atoms with E-state index in [0.717, 1.165) is 80.3 Å². The Morgan fingerprint density at radius 2 is 1.83 bits per heavy atom. The number of hydrogen-bond donors (Lipinski definition) is 3. The number of aliphatic hydroxyl groups excluding tert-OH is 1. The molecular formula is C32H40N4O5. The van der Waals surface area contributed by atoms with Crippen molar-refractivity contribution in [3.8, 4) is 11.5 Å². The summed E-state index contributed by atoms with van der Waals surface area (Å²) in [5.74, 6) is 1.32. The van der Waals surface area contributed by atoms with Crippen LogP contribution in [0, 0.1) is 0 Å². The van der Waals surface area contributed by atoms with Gasteiger partial charge in [0.25, 0.3) is 5.91 Å². The molecule has 0 unspecified atom stereocenters. The monoisotopic (exact) mass is 560 g/mol. The second-order valence-corrected chi connectivity index (χ2v) is 11.5. The molecular weight excluding hydrogens is 520 g/mol. The van der Waals surface area contributed by atoms with E-state index >= 15 is 0 Å². The van der Waals surface area contributed by atoms with Gasteiger partial charge in [0, 0.05) is 66.7 Å². The predicted molar refractivity (Wildman–Crippen MR) is 159 cm³/mol. The smallest absolute Gasteiger partial charge is 0.267 e. The van der Waals surface area contributed by atoms with Crippen molar-refractivity contribution in [2.45, 2.75) is 57.4 Å². The number of ether oxygens (including phenoxy) is 2.